The molecule has 0 rings (SSSR count). The lowest BCUT2D eigenvalue weighted by molar-refractivity contribution is 0.822. The van der Waals surface area contributed by atoms with Crippen molar-refractivity contribution in [2.75, 3.05) is 0 Å². The summed E-state index contributed by atoms with van der Waals surface area (Å²) in [5.41, 5.74) is 2.10. The standard InChI is InChI=1S/C10H14/c1-5-10(4)8-6-7-9(2)3/h1H,2,4,6-8H2,3H3. The molecule has 54 valence electrons. The fourth-order valence-electron chi connectivity index (χ4n) is 0.676. The molecule has 0 unspecified atom stereocenters. The van der Waals surface area contributed by atoms with Crippen molar-refractivity contribution >= 4 is 0 Å². The van der Waals surface area contributed by atoms with Gasteiger partial charge in [0.05, 0.1) is 0 Å². The van der Waals surface area contributed by atoms with E-state index in [4.69, 9.17) is 6.42 Å². The van der Waals surface area contributed by atoms with E-state index < -0.39 is 0 Å². The van der Waals surface area contributed by atoms with E-state index in [1.165, 1.54) is 5.57 Å². The van der Waals surface area contributed by atoms with Gasteiger partial charge in [0, 0.05) is 0 Å². The first-order chi connectivity index (χ1) is 4.66. The first kappa shape index (κ1) is 9.04. The third-order valence-electron chi connectivity index (χ3n) is 1.29. The average Bonchev–Trinajstić information content (AvgIpc) is 1.87. The third-order valence-corrected chi connectivity index (χ3v) is 1.29. The van der Waals surface area contributed by atoms with Gasteiger partial charge in [-0.1, -0.05) is 18.1 Å². The molecule has 0 aliphatic carbocycles. The summed E-state index contributed by atoms with van der Waals surface area (Å²) in [6, 6.07) is 0. The lowest BCUT2D eigenvalue weighted by Gasteiger charge is -1.97. The van der Waals surface area contributed by atoms with E-state index in [9.17, 15) is 0 Å². The molecule has 0 aliphatic rings. The molecule has 0 saturated carbocycles. The number of hydrogen-bond acceptors (Lipinski definition) is 0. The molecular weight excluding hydrogens is 120 g/mol. The Kier molecular flexibility index (Phi) is 4.41. The highest BCUT2D eigenvalue weighted by molar-refractivity contribution is 5.20. The van der Waals surface area contributed by atoms with Gasteiger partial charge in [-0.2, -0.15) is 0 Å². The maximum atomic E-state index is 5.12. The van der Waals surface area contributed by atoms with Gasteiger partial charge >= 0.3 is 0 Å². The van der Waals surface area contributed by atoms with E-state index in [1.807, 2.05) is 6.92 Å². The van der Waals surface area contributed by atoms with E-state index in [0.717, 1.165) is 24.8 Å². The number of allylic oxidation sites excluding steroid dienone is 2. The van der Waals surface area contributed by atoms with E-state index in [1.54, 1.807) is 0 Å². The van der Waals surface area contributed by atoms with Crippen LogP contribution in [-0.4, -0.2) is 0 Å². The molecule has 0 atom stereocenters. The number of terminal acetylenes is 1. The summed E-state index contributed by atoms with van der Waals surface area (Å²) in [5, 5.41) is 0. The Balaban J connectivity index is 3.31. The van der Waals surface area contributed by atoms with Crippen molar-refractivity contribution in [3.05, 3.63) is 24.3 Å². The Morgan fingerprint density at radius 1 is 1.40 bits per heavy atom. The van der Waals surface area contributed by atoms with Gasteiger partial charge < -0.3 is 0 Å². The normalized spacial score (nSPS) is 8.40. The summed E-state index contributed by atoms with van der Waals surface area (Å²) >= 11 is 0. The van der Waals surface area contributed by atoms with Gasteiger partial charge in [0.1, 0.15) is 0 Å². The van der Waals surface area contributed by atoms with Crippen LogP contribution in [0.25, 0.3) is 0 Å². The predicted molar refractivity (Wildman–Crippen MR) is 46.6 cm³/mol. The Hall–Kier alpha value is -0.960. The summed E-state index contributed by atoms with van der Waals surface area (Å²) in [7, 11) is 0. The second kappa shape index (κ2) is 4.88. The van der Waals surface area contributed by atoms with Crippen molar-refractivity contribution in [1.82, 2.24) is 0 Å². The summed E-state index contributed by atoms with van der Waals surface area (Å²) < 4.78 is 0. The van der Waals surface area contributed by atoms with Crippen molar-refractivity contribution in [3.63, 3.8) is 0 Å². The minimum Gasteiger partial charge on any atom is -0.115 e. The van der Waals surface area contributed by atoms with E-state index in [-0.39, 0.29) is 0 Å². The molecule has 0 radical (unpaired) electrons. The van der Waals surface area contributed by atoms with Crippen molar-refractivity contribution < 1.29 is 0 Å². The molecule has 0 amide bonds. The minimum absolute atomic E-state index is 0.890. The van der Waals surface area contributed by atoms with Gasteiger partial charge in [-0.05, 0) is 31.8 Å². The molecule has 0 aliphatic heterocycles. The summed E-state index contributed by atoms with van der Waals surface area (Å²) in [6.07, 6.45) is 8.19. The molecule has 0 saturated heterocycles. The third kappa shape index (κ3) is 5.18. The van der Waals surface area contributed by atoms with Gasteiger partial charge in [-0.3, -0.25) is 0 Å². The van der Waals surface area contributed by atoms with Crippen LogP contribution in [0.5, 0.6) is 0 Å². The summed E-state index contributed by atoms with van der Waals surface area (Å²) in [6.45, 7) is 9.53. The zero-order valence-electron chi connectivity index (χ0n) is 6.61. The van der Waals surface area contributed by atoms with Crippen LogP contribution in [-0.2, 0) is 0 Å². The van der Waals surface area contributed by atoms with Crippen LogP contribution in [0.15, 0.2) is 24.3 Å². The molecule has 0 heteroatoms. The molecule has 0 aromatic rings. The fourth-order valence-corrected chi connectivity index (χ4v) is 0.676. The van der Waals surface area contributed by atoms with Crippen LogP contribution in [0, 0.1) is 12.3 Å². The maximum absolute atomic E-state index is 5.12. The van der Waals surface area contributed by atoms with Crippen molar-refractivity contribution in [3.8, 4) is 12.3 Å². The van der Waals surface area contributed by atoms with Gasteiger partial charge in [-0.15, -0.1) is 13.0 Å². The van der Waals surface area contributed by atoms with Gasteiger partial charge in [0.2, 0.25) is 0 Å². The minimum atomic E-state index is 0.890. The quantitative estimate of drug-likeness (QED) is 0.409. The highest BCUT2D eigenvalue weighted by Crippen LogP contribution is 2.07. The molecular formula is C10H14. The topological polar surface area (TPSA) is 0 Å². The Morgan fingerprint density at radius 3 is 2.40 bits per heavy atom. The lowest BCUT2D eigenvalue weighted by Crippen LogP contribution is -1.79. The maximum Gasteiger partial charge on any atom is -0.00541 e. The molecule has 0 heterocycles. The van der Waals surface area contributed by atoms with Crippen molar-refractivity contribution in [1.29, 1.82) is 0 Å². The highest BCUT2D eigenvalue weighted by atomic mass is 13.9. The molecule has 0 nitrogen and oxygen atoms in total. The largest absolute Gasteiger partial charge is 0.115 e. The van der Waals surface area contributed by atoms with Gasteiger partial charge in [0.25, 0.3) is 0 Å². The van der Waals surface area contributed by atoms with Gasteiger partial charge in [-0.25, -0.2) is 0 Å². The van der Waals surface area contributed by atoms with E-state index >= 15 is 0 Å². The number of hydrogen-bond donors (Lipinski definition) is 0. The van der Waals surface area contributed by atoms with Crippen LogP contribution in [0.1, 0.15) is 26.2 Å². The van der Waals surface area contributed by atoms with Crippen LogP contribution >= 0.6 is 0 Å². The predicted octanol–water partition coefficient (Wildman–Crippen LogP) is 2.92. The SMILES string of the molecule is C#CC(=C)CCCC(=C)C. The Bertz CT molecular complexity index is 167. The second-order valence-electron chi connectivity index (χ2n) is 2.56. The van der Waals surface area contributed by atoms with Crippen LogP contribution in [0.2, 0.25) is 0 Å². The van der Waals surface area contributed by atoms with Crippen LogP contribution < -0.4 is 0 Å². The fraction of sp³-hybridized carbons (Fsp3) is 0.400. The Morgan fingerprint density at radius 2 is 2.00 bits per heavy atom. The van der Waals surface area contributed by atoms with Crippen LogP contribution in [0.3, 0.4) is 0 Å². The Labute approximate surface area is 63.6 Å². The lowest BCUT2D eigenvalue weighted by atomic mass is 10.1. The first-order valence-electron chi connectivity index (χ1n) is 3.45. The smallest absolute Gasteiger partial charge is 0.00541 e. The highest BCUT2D eigenvalue weighted by Gasteiger charge is 1.89. The molecule has 0 fully saturated rings. The zero-order chi connectivity index (χ0) is 7.98. The van der Waals surface area contributed by atoms with Crippen LogP contribution in [0.4, 0.5) is 0 Å². The molecule has 10 heavy (non-hydrogen) atoms. The average molecular weight is 134 g/mol. The van der Waals surface area contributed by atoms with E-state index in [0.29, 0.717) is 0 Å². The number of rotatable bonds is 4. The molecule has 0 aromatic carbocycles. The van der Waals surface area contributed by atoms with E-state index in [2.05, 4.69) is 19.1 Å². The monoisotopic (exact) mass is 134 g/mol. The van der Waals surface area contributed by atoms with Crippen molar-refractivity contribution in [2.24, 2.45) is 0 Å². The zero-order valence-corrected chi connectivity index (χ0v) is 6.61. The van der Waals surface area contributed by atoms with Crippen molar-refractivity contribution in [2.45, 2.75) is 26.2 Å². The molecule has 0 bridgehead atoms. The molecule has 0 aromatic heterocycles. The molecule has 0 spiro atoms. The summed E-state index contributed by atoms with van der Waals surface area (Å²) in [4.78, 5) is 0. The first-order valence-corrected chi connectivity index (χ1v) is 3.45. The van der Waals surface area contributed by atoms with Gasteiger partial charge in [0.15, 0.2) is 0 Å². The summed E-state index contributed by atoms with van der Waals surface area (Å²) in [5.74, 6) is 2.51. The molecule has 0 N–H and O–H groups in total. The second-order valence-corrected chi connectivity index (χ2v) is 2.56.